The first-order chi connectivity index (χ1) is 15.0. The molecule has 0 aromatic heterocycles. The van der Waals surface area contributed by atoms with Gasteiger partial charge in [0.1, 0.15) is 11.6 Å². The van der Waals surface area contributed by atoms with Gasteiger partial charge in [0.2, 0.25) is 5.91 Å². The van der Waals surface area contributed by atoms with Crippen LogP contribution in [0.5, 0.6) is 5.75 Å². The second kappa shape index (κ2) is 9.47. The van der Waals surface area contributed by atoms with Crippen molar-refractivity contribution >= 4 is 23.2 Å². The normalized spacial score (nSPS) is 23.8. The molecule has 0 aliphatic carbocycles. The van der Waals surface area contributed by atoms with Gasteiger partial charge in [-0.15, -0.1) is 0 Å². The quantitative estimate of drug-likeness (QED) is 0.668. The van der Waals surface area contributed by atoms with E-state index in [-0.39, 0.29) is 36.1 Å². The van der Waals surface area contributed by atoms with Crippen LogP contribution < -0.4 is 19.9 Å². The number of nitrogens with zero attached hydrogens (tertiary/aromatic N) is 1. The average molecular weight is 427 g/mol. The lowest BCUT2D eigenvalue weighted by atomic mass is 10.0. The largest absolute Gasteiger partial charge is 0.494 e. The van der Waals surface area contributed by atoms with E-state index in [0.29, 0.717) is 12.3 Å². The van der Waals surface area contributed by atoms with Gasteiger partial charge in [-0.2, -0.15) is 0 Å². The first-order valence-electron chi connectivity index (χ1n) is 11.0. The van der Waals surface area contributed by atoms with Gasteiger partial charge in [0.05, 0.1) is 31.8 Å². The summed E-state index contributed by atoms with van der Waals surface area (Å²) in [5, 5.41) is 3.44. The highest BCUT2D eigenvalue weighted by Gasteiger charge is 2.46. The van der Waals surface area contributed by atoms with Crippen molar-refractivity contribution in [3.8, 4) is 5.75 Å². The van der Waals surface area contributed by atoms with Crippen LogP contribution in [0.25, 0.3) is 0 Å². The Hall–Kier alpha value is -2.93. The summed E-state index contributed by atoms with van der Waals surface area (Å²) in [7, 11) is 0. The molecule has 2 saturated heterocycles. The predicted octanol–water partition coefficient (Wildman–Crippen LogP) is 2.41. The number of hydrogen-bond donors (Lipinski definition) is 2. The van der Waals surface area contributed by atoms with E-state index in [0.717, 1.165) is 43.8 Å². The fourth-order valence-corrected chi connectivity index (χ4v) is 4.40. The Labute approximate surface area is 182 Å². The standard InChI is InChI=1S/C24H28FN3O3/c1-2-15-31-21-9-7-20(8-10-21)28-23(29)16-22(24(28)30)27-13-11-19(12-14-27)26-18-5-3-17(25)4-6-18/h3-10,19,22,26H,2,11-16H2,1H3/p+1/t22-/m0/s1. The molecular weight excluding hydrogens is 397 g/mol. The van der Waals surface area contributed by atoms with Gasteiger partial charge in [0.25, 0.3) is 5.91 Å². The number of hydrogen-bond acceptors (Lipinski definition) is 4. The number of rotatable bonds is 7. The van der Waals surface area contributed by atoms with Crippen molar-refractivity contribution in [1.82, 2.24) is 0 Å². The minimum Gasteiger partial charge on any atom is -0.494 e. The molecular formula is C24H29FN3O3+. The zero-order chi connectivity index (χ0) is 21.8. The summed E-state index contributed by atoms with van der Waals surface area (Å²) in [6, 6.07) is 13.5. The first kappa shape index (κ1) is 21.3. The predicted molar refractivity (Wildman–Crippen MR) is 117 cm³/mol. The summed E-state index contributed by atoms with van der Waals surface area (Å²) < 4.78 is 18.7. The minimum atomic E-state index is -0.324. The number of anilines is 2. The minimum absolute atomic E-state index is 0.118. The fraction of sp³-hybridized carbons (Fsp3) is 0.417. The fourth-order valence-electron chi connectivity index (χ4n) is 4.40. The Morgan fingerprint density at radius 1 is 1.06 bits per heavy atom. The van der Waals surface area contributed by atoms with Crippen LogP contribution in [0.3, 0.4) is 0 Å². The number of imide groups is 1. The lowest BCUT2D eigenvalue weighted by Crippen LogP contribution is -3.17. The monoisotopic (exact) mass is 426 g/mol. The number of likely N-dealkylation sites (tertiary alicyclic amines) is 1. The van der Waals surface area contributed by atoms with Gasteiger partial charge < -0.3 is 15.0 Å². The molecule has 0 saturated carbocycles. The molecule has 0 radical (unpaired) electrons. The van der Waals surface area contributed by atoms with Crippen LogP contribution in [0.4, 0.5) is 15.8 Å². The topological polar surface area (TPSA) is 63.1 Å². The summed E-state index contributed by atoms with van der Waals surface area (Å²) in [6.45, 7) is 4.32. The van der Waals surface area contributed by atoms with Crippen molar-refractivity contribution in [1.29, 1.82) is 0 Å². The molecule has 2 aromatic carbocycles. The van der Waals surface area contributed by atoms with Crippen molar-refractivity contribution in [2.75, 3.05) is 29.9 Å². The van der Waals surface area contributed by atoms with Crippen molar-refractivity contribution in [2.24, 2.45) is 0 Å². The number of carbonyl (C=O) groups is 2. The summed E-state index contributed by atoms with van der Waals surface area (Å²) in [5.41, 5.74) is 1.51. The van der Waals surface area contributed by atoms with Gasteiger partial charge in [0.15, 0.2) is 6.04 Å². The Bertz CT molecular complexity index is 909. The summed E-state index contributed by atoms with van der Waals surface area (Å²) in [5.74, 6) is 0.230. The molecule has 2 aromatic rings. The lowest BCUT2D eigenvalue weighted by Gasteiger charge is -2.32. The van der Waals surface area contributed by atoms with Gasteiger partial charge in [-0.1, -0.05) is 6.92 Å². The van der Waals surface area contributed by atoms with E-state index in [2.05, 4.69) is 5.32 Å². The average Bonchev–Trinajstić information content (AvgIpc) is 3.09. The van der Waals surface area contributed by atoms with Crippen molar-refractivity contribution in [3.05, 3.63) is 54.3 Å². The lowest BCUT2D eigenvalue weighted by molar-refractivity contribution is -0.919. The van der Waals surface area contributed by atoms with Gasteiger partial charge in [-0.3, -0.25) is 9.59 Å². The molecule has 2 aliphatic heterocycles. The molecule has 0 bridgehead atoms. The number of piperidine rings is 1. The third-order valence-corrected chi connectivity index (χ3v) is 6.05. The van der Waals surface area contributed by atoms with E-state index in [1.54, 1.807) is 36.4 Å². The second-order valence-corrected chi connectivity index (χ2v) is 8.25. The highest BCUT2D eigenvalue weighted by atomic mass is 19.1. The Balaban J connectivity index is 1.34. The molecule has 164 valence electrons. The summed E-state index contributed by atoms with van der Waals surface area (Å²) in [6.07, 6.45) is 2.96. The third kappa shape index (κ3) is 4.88. The molecule has 7 heteroatoms. The van der Waals surface area contributed by atoms with Gasteiger partial charge >= 0.3 is 0 Å². The van der Waals surface area contributed by atoms with E-state index in [9.17, 15) is 14.0 Å². The Morgan fingerprint density at radius 2 is 1.74 bits per heavy atom. The number of nitrogens with one attached hydrogen (secondary N) is 2. The van der Waals surface area contributed by atoms with E-state index >= 15 is 0 Å². The molecule has 6 nitrogen and oxygen atoms in total. The summed E-state index contributed by atoms with van der Waals surface area (Å²) >= 11 is 0. The maximum atomic E-state index is 13.1. The first-order valence-corrected chi connectivity index (χ1v) is 11.0. The van der Waals surface area contributed by atoms with Crippen molar-refractivity contribution in [3.63, 3.8) is 0 Å². The van der Waals surface area contributed by atoms with Gasteiger partial charge in [-0.25, -0.2) is 9.29 Å². The van der Waals surface area contributed by atoms with E-state index in [1.807, 2.05) is 6.92 Å². The number of quaternary nitrogens is 1. The maximum Gasteiger partial charge on any atom is 0.292 e. The van der Waals surface area contributed by atoms with Crippen LogP contribution in [-0.2, 0) is 9.59 Å². The molecule has 0 unspecified atom stereocenters. The molecule has 0 spiro atoms. The number of carbonyl (C=O) groups excluding carboxylic acids is 2. The highest BCUT2D eigenvalue weighted by Crippen LogP contribution is 2.25. The van der Waals surface area contributed by atoms with Gasteiger partial charge in [-0.05, 0) is 55.0 Å². The van der Waals surface area contributed by atoms with Crippen LogP contribution in [0, 0.1) is 5.82 Å². The zero-order valence-electron chi connectivity index (χ0n) is 17.8. The molecule has 2 aliphatic rings. The molecule has 2 N–H and O–H groups in total. The van der Waals surface area contributed by atoms with E-state index < -0.39 is 0 Å². The molecule has 4 rings (SSSR count). The van der Waals surface area contributed by atoms with Crippen LogP contribution in [0.2, 0.25) is 0 Å². The van der Waals surface area contributed by atoms with E-state index in [1.165, 1.54) is 21.9 Å². The van der Waals surface area contributed by atoms with Crippen LogP contribution >= 0.6 is 0 Å². The SMILES string of the molecule is CCCOc1ccc(N2C(=O)C[C@H]([NH+]3CCC(Nc4ccc(F)cc4)CC3)C2=O)cc1. The van der Waals surface area contributed by atoms with Crippen molar-refractivity contribution in [2.45, 2.75) is 44.7 Å². The van der Waals surface area contributed by atoms with Crippen molar-refractivity contribution < 1.29 is 23.6 Å². The molecule has 2 amide bonds. The Morgan fingerprint density at radius 3 is 2.39 bits per heavy atom. The number of amides is 2. The smallest absolute Gasteiger partial charge is 0.292 e. The third-order valence-electron chi connectivity index (χ3n) is 6.05. The van der Waals surface area contributed by atoms with Gasteiger partial charge in [0, 0.05) is 24.6 Å². The van der Waals surface area contributed by atoms with Crippen LogP contribution in [-0.4, -0.2) is 43.6 Å². The second-order valence-electron chi connectivity index (χ2n) is 8.25. The zero-order valence-corrected chi connectivity index (χ0v) is 17.8. The van der Waals surface area contributed by atoms with E-state index in [4.69, 9.17) is 4.74 Å². The Kier molecular flexibility index (Phi) is 6.51. The molecule has 31 heavy (non-hydrogen) atoms. The number of halogens is 1. The summed E-state index contributed by atoms with van der Waals surface area (Å²) in [4.78, 5) is 28.2. The van der Waals surface area contributed by atoms with Crippen LogP contribution in [0.1, 0.15) is 32.6 Å². The number of benzene rings is 2. The molecule has 1 atom stereocenters. The maximum absolute atomic E-state index is 13.1. The van der Waals surface area contributed by atoms with Crippen LogP contribution in [0.15, 0.2) is 48.5 Å². The molecule has 2 heterocycles. The number of ether oxygens (including phenoxy) is 1. The molecule has 2 fully saturated rings. The highest BCUT2D eigenvalue weighted by molar-refractivity contribution is 6.21.